The highest BCUT2D eigenvalue weighted by atomic mass is 16.5. The van der Waals surface area contributed by atoms with Crippen LogP contribution in [0.4, 0.5) is 11.8 Å². The van der Waals surface area contributed by atoms with Crippen LogP contribution in [0.25, 0.3) is 0 Å². The first-order valence-electron chi connectivity index (χ1n) is 5.10. The van der Waals surface area contributed by atoms with E-state index >= 15 is 0 Å². The summed E-state index contributed by atoms with van der Waals surface area (Å²) in [6.07, 6.45) is 1.63. The Hall–Kier alpha value is -1.44. The van der Waals surface area contributed by atoms with E-state index in [0.717, 1.165) is 5.82 Å². The summed E-state index contributed by atoms with van der Waals surface area (Å²) in [5.41, 5.74) is 2.40. The Kier molecular flexibility index (Phi) is 3.50. The van der Waals surface area contributed by atoms with Crippen molar-refractivity contribution in [2.45, 2.75) is 6.04 Å². The second-order valence-corrected chi connectivity index (χ2v) is 3.49. The predicted molar refractivity (Wildman–Crippen MR) is 58.9 cm³/mol. The second-order valence-electron chi connectivity index (χ2n) is 3.49. The van der Waals surface area contributed by atoms with Gasteiger partial charge in [0.05, 0.1) is 25.9 Å². The minimum Gasteiger partial charge on any atom is -0.394 e. The maximum Gasteiger partial charge on any atom is 0.239 e. The van der Waals surface area contributed by atoms with Gasteiger partial charge in [0.15, 0.2) is 0 Å². The SMILES string of the molecule is NNc1nccc(N2CCOCC2CO)n1. The monoisotopic (exact) mass is 225 g/mol. The third-order valence-electron chi connectivity index (χ3n) is 2.50. The molecule has 0 spiro atoms. The van der Waals surface area contributed by atoms with Crippen LogP contribution in [0.2, 0.25) is 0 Å². The number of hydrogen-bond donors (Lipinski definition) is 3. The van der Waals surface area contributed by atoms with Crippen molar-refractivity contribution in [3.63, 3.8) is 0 Å². The number of nitrogens with one attached hydrogen (secondary N) is 1. The van der Waals surface area contributed by atoms with Crippen molar-refractivity contribution in [2.24, 2.45) is 5.84 Å². The molecule has 1 aromatic heterocycles. The number of aliphatic hydroxyl groups excluding tert-OH is 1. The van der Waals surface area contributed by atoms with Crippen molar-refractivity contribution in [3.8, 4) is 0 Å². The van der Waals surface area contributed by atoms with Gasteiger partial charge in [-0.15, -0.1) is 0 Å². The van der Waals surface area contributed by atoms with Gasteiger partial charge in [0, 0.05) is 12.7 Å². The van der Waals surface area contributed by atoms with E-state index in [-0.39, 0.29) is 12.6 Å². The molecule has 0 aliphatic carbocycles. The standard InChI is InChI=1S/C9H15N5O2/c10-13-9-11-2-1-8(12-9)14-3-4-16-6-7(14)5-15/h1-2,7,15H,3-6,10H2,(H,11,12,13). The van der Waals surface area contributed by atoms with Gasteiger partial charge in [0.2, 0.25) is 5.95 Å². The molecule has 0 saturated carbocycles. The number of aliphatic hydroxyl groups is 1. The number of ether oxygens (including phenoxy) is 1. The van der Waals surface area contributed by atoms with Crippen molar-refractivity contribution < 1.29 is 9.84 Å². The molecule has 1 unspecified atom stereocenters. The lowest BCUT2D eigenvalue weighted by Gasteiger charge is -2.35. The minimum atomic E-state index is -0.0609. The Labute approximate surface area is 93.2 Å². The first-order valence-corrected chi connectivity index (χ1v) is 5.10. The molecule has 0 amide bonds. The highest BCUT2D eigenvalue weighted by Gasteiger charge is 2.23. The first kappa shape index (κ1) is 11.1. The number of rotatable bonds is 3. The smallest absolute Gasteiger partial charge is 0.239 e. The number of nitrogens with zero attached hydrogens (tertiary/aromatic N) is 3. The Morgan fingerprint density at radius 2 is 2.56 bits per heavy atom. The Morgan fingerprint density at radius 1 is 1.69 bits per heavy atom. The molecule has 1 atom stereocenters. The molecule has 2 heterocycles. The summed E-state index contributed by atoms with van der Waals surface area (Å²) in [4.78, 5) is 10.2. The van der Waals surface area contributed by atoms with E-state index in [0.29, 0.717) is 25.7 Å². The second kappa shape index (κ2) is 5.06. The fourth-order valence-corrected chi connectivity index (χ4v) is 1.69. The highest BCUT2D eigenvalue weighted by molar-refractivity contribution is 5.43. The Bertz CT molecular complexity index is 348. The molecular formula is C9H15N5O2. The number of aromatic nitrogens is 2. The molecule has 7 heteroatoms. The molecule has 1 saturated heterocycles. The van der Waals surface area contributed by atoms with Crippen LogP contribution in [0.5, 0.6) is 0 Å². The van der Waals surface area contributed by atoms with E-state index in [2.05, 4.69) is 15.4 Å². The number of morpholine rings is 1. The van der Waals surface area contributed by atoms with E-state index in [4.69, 9.17) is 10.6 Å². The molecule has 2 rings (SSSR count). The zero-order valence-corrected chi connectivity index (χ0v) is 8.83. The third-order valence-corrected chi connectivity index (χ3v) is 2.50. The summed E-state index contributed by atoms with van der Waals surface area (Å²) in [7, 11) is 0. The van der Waals surface area contributed by atoms with E-state index in [9.17, 15) is 5.11 Å². The van der Waals surface area contributed by atoms with Gasteiger partial charge in [-0.3, -0.25) is 5.43 Å². The lowest BCUT2D eigenvalue weighted by Crippen LogP contribution is -2.48. The molecule has 88 valence electrons. The highest BCUT2D eigenvalue weighted by Crippen LogP contribution is 2.17. The van der Waals surface area contributed by atoms with E-state index in [1.807, 2.05) is 4.90 Å². The molecule has 0 aromatic carbocycles. The normalized spacial score (nSPS) is 20.9. The average molecular weight is 225 g/mol. The van der Waals surface area contributed by atoms with Crippen molar-refractivity contribution >= 4 is 11.8 Å². The zero-order valence-electron chi connectivity index (χ0n) is 8.83. The molecule has 0 bridgehead atoms. The summed E-state index contributed by atoms with van der Waals surface area (Å²) in [6.45, 7) is 1.87. The summed E-state index contributed by atoms with van der Waals surface area (Å²) < 4.78 is 5.30. The van der Waals surface area contributed by atoms with Gasteiger partial charge in [-0.25, -0.2) is 10.8 Å². The van der Waals surface area contributed by atoms with Crippen LogP contribution in [-0.2, 0) is 4.74 Å². The molecule has 1 aliphatic rings. The lowest BCUT2D eigenvalue weighted by molar-refractivity contribution is 0.0723. The zero-order chi connectivity index (χ0) is 11.4. The Morgan fingerprint density at radius 3 is 3.31 bits per heavy atom. The van der Waals surface area contributed by atoms with Crippen molar-refractivity contribution in [1.29, 1.82) is 0 Å². The molecule has 1 aromatic rings. The fourth-order valence-electron chi connectivity index (χ4n) is 1.69. The average Bonchev–Trinajstić information content (AvgIpc) is 2.38. The number of anilines is 2. The van der Waals surface area contributed by atoms with E-state index < -0.39 is 0 Å². The molecule has 1 fully saturated rings. The van der Waals surface area contributed by atoms with Crippen LogP contribution in [0.1, 0.15) is 0 Å². The van der Waals surface area contributed by atoms with Crippen LogP contribution < -0.4 is 16.2 Å². The van der Waals surface area contributed by atoms with Crippen LogP contribution in [0.15, 0.2) is 12.3 Å². The van der Waals surface area contributed by atoms with E-state index in [1.54, 1.807) is 12.3 Å². The molecule has 0 radical (unpaired) electrons. The lowest BCUT2D eigenvalue weighted by atomic mass is 10.2. The summed E-state index contributed by atoms with van der Waals surface area (Å²) in [5.74, 6) is 6.35. The quantitative estimate of drug-likeness (QED) is 0.446. The molecule has 7 nitrogen and oxygen atoms in total. The van der Waals surface area contributed by atoms with Gasteiger partial charge in [-0.2, -0.15) is 4.98 Å². The first-order chi connectivity index (χ1) is 7.85. The fraction of sp³-hybridized carbons (Fsp3) is 0.556. The number of hydrazine groups is 1. The minimum absolute atomic E-state index is 0.0371. The molecule has 1 aliphatic heterocycles. The maximum atomic E-state index is 9.24. The molecular weight excluding hydrogens is 210 g/mol. The van der Waals surface area contributed by atoms with Gasteiger partial charge < -0.3 is 14.7 Å². The van der Waals surface area contributed by atoms with Crippen LogP contribution in [-0.4, -0.2) is 47.5 Å². The van der Waals surface area contributed by atoms with Gasteiger partial charge in [0.1, 0.15) is 5.82 Å². The van der Waals surface area contributed by atoms with Crippen molar-refractivity contribution in [3.05, 3.63) is 12.3 Å². The van der Waals surface area contributed by atoms with Gasteiger partial charge in [0.25, 0.3) is 0 Å². The van der Waals surface area contributed by atoms with Gasteiger partial charge in [-0.05, 0) is 6.07 Å². The summed E-state index contributed by atoms with van der Waals surface area (Å²) in [6, 6.07) is 1.73. The van der Waals surface area contributed by atoms with E-state index in [1.165, 1.54) is 0 Å². The predicted octanol–water partition coefficient (Wildman–Crippen LogP) is -1.04. The molecule has 16 heavy (non-hydrogen) atoms. The summed E-state index contributed by atoms with van der Waals surface area (Å²) >= 11 is 0. The van der Waals surface area contributed by atoms with Crippen molar-refractivity contribution in [2.75, 3.05) is 36.7 Å². The third kappa shape index (κ3) is 2.21. The van der Waals surface area contributed by atoms with Crippen LogP contribution in [0, 0.1) is 0 Å². The summed E-state index contributed by atoms with van der Waals surface area (Å²) in [5, 5.41) is 9.24. The van der Waals surface area contributed by atoms with Crippen LogP contribution >= 0.6 is 0 Å². The van der Waals surface area contributed by atoms with Gasteiger partial charge >= 0.3 is 0 Å². The van der Waals surface area contributed by atoms with Crippen LogP contribution in [0.3, 0.4) is 0 Å². The Balaban J connectivity index is 2.20. The largest absolute Gasteiger partial charge is 0.394 e. The number of nitrogens with two attached hydrogens (primary N) is 1. The van der Waals surface area contributed by atoms with Gasteiger partial charge in [-0.1, -0.05) is 0 Å². The molecule has 4 N–H and O–H groups in total. The maximum absolute atomic E-state index is 9.24. The topological polar surface area (TPSA) is 96.5 Å². The number of hydrogen-bond acceptors (Lipinski definition) is 7. The number of nitrogen functional groups attached to an aromatic ring is 1. The van der Waals surface area contributed by atoms with Crippen molar-refractivity contribution in [1.82, 2.24) is 9.97 Å².